The summed E-state index contributed by atoms with van der Waals surface area (Å²) >= 11 is 0. The van der Waals surface area contributed by atoms with Crippen molar-refractivity contribution >= 4 is 0 Å². The minimum atomic E-state index is 0.395. The van der Waals surface area contributed by atoms with Gasteiger partial charge in [0.2, 0.25) is 0 Å². The molecule has 0 aromatic heterocycles. The van der Waals surface area contributed by atoms with Gasteiger partial charge >= 0.3 is 0 Å². The fraction of sp³-hybridized carbons (Fsp3) is 1.00. The number of rotatable bonds is 8. The van der Waals surface area contributed by atoms with Crippen LogP contribution >= 0.6 is 0 Å². The molecule has 0 radical (unpaired) electrons. The number of hydrogen-bond acceptors (Lipinski definition) is 2. The van der Waals surface area contributed by atoms with Crippen molar-refractivity contribution in [3.8, 4) is 0 Å². The second-order valence-electron chi connectivity index (χ2n) is 6.82. The average Bonchev–Trinajstić information content (AvgIpc) is 2.39. The predicted molar refractivity (Wildman–Crippen MR) is 85.7 cm³/mol. The predicted octanol–water partition coefficient (Wildman–Crippen LogP) is 4.15. The van der Waals surface area contributed by atoms with Crippen molar-refractivity contribution in [3.63, 3.8) is 0 Å². The molecule has 0 aliphatic carbocycles. The fourth-order valence-corrected chi connectivity index (χ4v) is 3.64. The van der Waals surface area contributed by atoms with Gasteiger partial charge in [-0.25, -0.2) is 0 Å². The van der Waals surface area contributed by atoms with E-state index >= 15 is 0 Å². The van der Waals surface area contributed by atoms with Crippen molar-refractivity contribution in [1.82, 2.24) is 9.80 Å². The molecular formula is C17H36N2. The van der Waals surface area contributed by atoms with Crippen LogP contribution in [0.3, 0.4) is 0 Å². The van der Waals surface area contributed by atoms with Crippen LogP contribution < -0.4 is 0 Å². The maximum absolute atomic E-state index is 2.76. The molecule has 0 spiro atoms. The second-order valence-corrected chi connectivity index (χ2v) is 6.82. The molecule has 0 N–H and O–H groups in total. The standard InChI is InChI=1S/C17H36N2/c1-6-9-16(10-7-2)18-12-14-19(15-13-18)17(4,5)11-8-3/h16H,6-15H2,1-5H3. The van der Waals surface area contributed by atoms with E-state index in [2.05, 4.69) is 44.4 Å². The van der Waals surface area contributed by atoms with Crippen molar-refractivity contribution in [2.24, 2.45) is 0 Å². The lowest BCUT2D eigenvalue weighted by Gasteiger charge is -2.46. The first-order valence-corrected chi connectivity index (χ1v) is 8.54. The molecule has 1 aliphatic heterocycles. The Morgan fingerprint density at radius 1 is 0.842 bits per heavy atom. The van der Waals surface area contributed by atoms with Gasteiger partial charge in [0.25, 0.3) is 0 Å². The zero-order valence-electron chi connectivity index (χ0n) is 14.0. The summed E-state index contributed by atoms with van der Waals surface area (Å²) in [6.07, 6.45) is 8.03. The first kappa shape index (κ1) is 17.0. The SMILES string of the molecule is CCCC(CCC)N1CCN(C(C)(C)CCC)CC1. The summed E-state index contributed by atoms with van der Waals surface area (Å²) in [7, 11) is 0. The molecule has 0 saturated carbocycles. The van der Waals surface area contributed by atoms with Gasteiger partial charge in [-0.1, -0.05) is 40.0 Å². The molecule has 0 aromatic rings. The molecule has 0 bridgehead atoms. The van der Waals surface area contributed by atoms with E-state index in [1.807, 2.05) is 0 Å². The van der Waals surface area contributed by atoms with Crippen molar-refractivity contribution in [2.75, 3.05) is 26.2 Å². The van der Waals surface area contributed by atoms with Crippen LogP contribution in [-0.4, -0.2) is 47.6 Å². The third kappa shape index (κ3) is 5.07. The quantitative estimate of drug-likeness (QED) is 0.652. The van der Waals surface area contributed by atoms with E-state index in [0.29, 0.717) is 5.54 Å². The molecule has 2 nitrogen and oxygen atoms in total. The molecule has 0 aromatic carbocycles. The monoisotopic (exact) mass is 268 g/mol. The van der Waals surface area contributed by atoms with Crippen LogP contribution in [0.1, 0.15) is 73.1 Å². The van der Waals surface area contributed by atoms with E-state index in [1.165, 1.54) is 64.7 Å². The summed E-state index contributed by atoms with van der Waals surface area (Å²) in [5, 5.41) is 0. The van der Waals surface area contributed by atoms with Gasteiger partial charge in [0.15, 0.2) is 0 Å². The maximum atomic E-state index is 2.76. The first-order chi connectivity index (χ1) is 9.05. The number of hydrogen-bond donors (Lipinski definition) is 0. The molecule has 114 valence electrons. The van der Waals surface area contributed by atoms with Crippen molar-refractivity contribution in [3.05, 3.63) is 0 Å². The summed E-state index contributed by atoms with van der Waals surface area (Å²) < 4.78 is 0. The fourth-order valence-electron chi connectivity index (χ4n) is 3.64. The van der Waals surface area contributed by atoms with E-state index in [-0.39, 0.29) is 0 Å². The van der Waals surface area contributed by atoms with Crippen LogP contribution in [0.15, 0.2) is 0 Å². The Balaban J connectivity index is 2.46. The van der Waals surface area contributed by atoms with E-state index in [4.69, 9.17) is 0 Å². The van der Waals surface area contributed by atoms with Crippen LogP contribution in [0, 0.1) is 0 Å². The second kappa shape index (κ2) is 8.26. The summed E-state index contributed by atoms with van der Waals surface area (Å²) in [5.41, 5.74) is 0.395. The Labute approximate surface area is 121 Å². The van der Waals surface area contributed by atoms with Crippen molar-refractivity contribution < 1.29 is 0 Å². The lowest BCUT2D eigenvalue weighted by molar-refractivity contribution is 0.0259. The molecule has 19 heavy (non-hydrogen) atoms. The number of piperazine rings is 1. The highest BCUT2D eigenvalue weighted by molar-refractivity contribution is 4.87. The maximum Gasteiger partial charge on any atom is 0.0154 e. The van der Waals surface area contributed by atoms with E-state index < -0.39 is 0 Å². The Bertz CT molecular complexity index is 223. The molecule has 2 heteroatoms. The third-order valence-electron chi connectivity index (χ3n) is 4.79. The molecule has 1 rings (SSSR count). The first-order valence-electron chi connectivity index (χ1n) is 8.54. The highest BCUT2D eigenvalue weighted by Gasteiger charge is 2.30. The summed E-state index contributed by atoms with van der Waals surface area (Å²) in [6, 6.07) is 0.839. The minimum Gasteiger partial charge on any atom is -0.298 e. The highest BCUT2D eigenvalue weighted by atomic mass is 15.3. The Kier molecular flexibility index (Phi) is 7.38. The average molecular weight is 268 g/mol. The van der Waals surface area contributed by atoms with Gasteiger partial charge in [-0.15, -0.1) is 0 Å². The van der Waals surface area contributed by atoms with Crippen LogP contribution in [0.5, 0.6) is 0 Å². The minimum absolute atomic E-state index is 0.395. The summed E-state index contributed by atoms with van der Waals surface area (Å²) in [6.45, 7) is 16.9. The van der Waals surface area contributed by atoms with Crippen LogP contribution in [0.4, 0.5) is 0 Å². The molecular weight excluding hydrogens is 232 g/mol. The number of nitrogens with zero attached hydrogens (tertiary/aromatic N) is 2. The lowest BCUT2D eigenvalue weighted by Crippen LogP contribution is -2.56. The molecule has 1 aliphatic rings. The van der Waals surface area contributed by atoms with Gasteiger partial charge in [0.05, 0.1) is 0 Å². The van der Waals surface area contributed by atoms with E-state index in [1.54, 1.807) is 0 Å². The smallest absolute Gasteiger partial charge is 0.0154 e. The Morgan fingerprint density at radius 3 is 1.79 bits per heavy atom. The normalized spacial score (nSPS) is 19.3. The molecule has 1 heterocycles. The Hall–Kier alpha value is -0.0800. The van der Waals surface area contributed by atoms with Crippen molar-refractivity contribution in [1.29, 1.82) is 0 Å². The van der Waals surface area contributed by atoms with E-state index in [0.717, 1.165) is 6.04 Å². The van der Waals surface area contributed by atoms with Crippen LogP contribution in [0.25, 0.3) is 0 Å². The van der Waals surface area contributed by atoms with Crippen LogP contribution in [0.2, 0.25) is 0 Å². The van der Waals surface area contributed by atoms with Gasteiger partial charge in [-0.2, -0.15) is 0 Å². The third-order valence-corrected chi connectivity index (χ3v) is 4.79. The van der Waals surface area contributed by atoms with Gasteiger partial charge < -0.3 is 0 Å². The molecule has 0 unspecified atom stereocenters. The molecule has 1 fully saturated rings. The summed E-state index contributed by atoms with van der Waals surface area (Å²) in [5.74, 6) is 0. The van der Waals surface area contributed by atoms with Gasteiger partial charge in [0, 0.05) is 37.8 Å². The molecule has 0 atom stereocenters. The largest absolute Gasteiger partial charge is 0.298 e. The topological polar surface area (TPSA) is 6.48 Å². The zero-order chi connectivity index (χ0) is 14.3. The summed E-state index contributed by atoms with van der Waals surface area (Å²) in [4.78, 5) is 5.47. The highest BCUT2D eigenvalue weighted by Crippen LogP contribution is 2.24. The van der Waals surface area contributed by atoms with Gasteiger partial charge in [0.1, 0.15) is 0 Å². The van der Waals surface area contributed by atoms with Gasteiger partial charge in [-0.05, 0) is 33.1 Å². The lowest BCUT2D eigenvalue weighted by atomic mass is 9.95. The molecule has 0 amide bonds. The zero-order valence-corrected chi connectivity index (χ0v) is 14.0. The Morgan fingerprint density at radius 2 is 1.37 bits per heavy atom. The van der Waals surface area contributed by atoms with Crippen molar-refractivity contribution in [2.45, 2.75) is 84.7 Å². The molecule has 1 saturated heterocycles. The van der Waals surface area contributed by atoms with Crippen LogP contribution in [-0.2, 0) is 0 Å². The van der Waals surface area contributed by atoms with Gasteiger partial charge in [-0.3, -0.25) is 9.80 Å². The van der Waals surface area contributed by atoms with E-state index in [9.17, 15) is 0 Å².